The smallest absolute Gasteiger partial charge is 0.115 e. The van der Waals surface area contributed by atoms with Crippen LogP contribution in [0.1, 0.15) is 49.1 Å². The van der Waals surface area contributed by atoms with Crippen molar-refractivity contribution in [2.24, 2.45) is 17.8 Å². The summed E-state index contributed by atoms with van der Waals surface area (Å²) in [6, 6.07) is 15.4. The molecular weight excluding hydrogens is 308 g/mol. The number of hydrogen-bond donors (Lipinski definition) is 2. The van der Waals surface area contributed by atoms with E-state index in [4.69, 9.17) is 0 Å². The average Bonchev–Trinajstić information content (AvgIpc) is 2.65. The summed E-state index contributed by atoms with van der Waals surface area (Å²) >= 11 is 0. The second kappa shape index (κ2) is 6.95. The minimum Gasteiger partial charge on any atom is -0.508 e. The molecule has 2 aromatic carbocycles. The van der Waals surface area contributed by atoms with Gasteiger partial charge >= 0.3 is 0 Å². The number of aromatic hydroxyl groups is 2. The van der Waals surface area contributed by atoms with Crippen LogP contribution in [-0.2, 0) is 0 Å². The lowest BCUT2D eigenvalue weighted by molar-refractivity contribution is 0.183. The van der Waals surface area contributed by atoms with Gasteiger partial charge in [0.1, 0.15) is 11.5 Å². The molecule has 2 aromatic rings. The predicted molar refractivity (Wildman–Crippen MR) is 101 cm³/mol. The Morgan fingerprint density at radius 1 is 0.760 bits per heavy atom. The Morgan fingerprint density at radius 2 is 1.36 bits per heavy atom. The lowest BCUT2D eigenvalue weighted by Crippen LogP contribution is -2.29. The highest BCUT2D eigenvalue weighted by atomic mass is 16.3. The van der Waals surface area contributed by atoms with E-state index in [0.29, 0.717) is 23.3 Å². The first-order valence-corrected chi connectivity index (χ1v) is 9.45. The molecule has 0 radical (unpaired) electrons. The van der Waals surface area contributed by atoms with Gasteiger partial charge in [-0.15, -0.1) is 0 Å². The van der Waals surface area contributed by atoms with Gasteiger partial charge < -0.3 is 10.2 Å². The van der Waals surface area contributed by atoms with E-state index in [0.717, 1.165) is 11.8 Å². The maximum Gasteiger partial charge on any atom is 0.115 e. The molecule has 25 heavy (non-hydrogen) atoms. The fourth-order valence-corrected chi connectivity index (χ4v) is 4.89. The molecule has 0 heterocycles. The van der Waals surface area contributed by atoms with E-state index in [1.807, 2.05) is 0 Å². The Labute approximate surface area is 149 Å². The first kappa shape index (κ1) is 16.3. The summed E-state index contributed by atoms with van der Waals surface area (Å²) < 4.78 is 0. The van der Waals surface area contributed by atoms with Gasteiger partial charge in [0.15, 0.2) is 0 Å². The van der Waals surface area contributed by atoms with E-state index in [1.165, 1.54) is 43.2 Å². The number of phenolic OH excluding ortho intramolecular Hbond substituents is 2. The maximum absolute atomic E-state index is 9.67. The standard InChI is InChI=1S/C23H26O2/c24-21-11-7-17(8-12-21)23(18-9-13-22(25)14-10-18)20-6-5-16-3-1-2-4-19(16)15-20/h1,3,7-14,16,19-20,23-25H,2,4-6,15H2/t16-,19-,20?/m1/s1. The second-order valence-corrected chi connectivity index (χ2v) is 7.66. The van der Waals surface area contributed by atoms with Crippen LogP contribution in [0.3, 0.4) is 0 Å². The highest BCUT2D eigenvalue weighted by Crippen LogP contribution is 2.47. The van der Waals surface area contributed by atoms with Crippen molar-refractivity contribution in [2.75, 3.05) is 0 Å². The molecule has 3 atom stereocenters. The highest BCUT2D eigenvalue weighted by Gasteiger charge is 2.35. The Morgan fingerprint density at radius 3 is 1.96 bits per heavy atom. The predicted octanol–water partition coefficient (Wildman–Crippen LogP) is 5.61. The quantitative estimate of drug-likeness (QED) is 0.716. The van der Waals surface area contributed by atoms with E-state index in [2.05, 4.69) is 36.4 Å². The molecule has 1 fully saturated rings. The van der Waals surface area contributed by atoms with Crippen molar-refractivity contribution in [3.8, 4) is 11.5 Å². The molecule has 0 saturated heterocycles. The fourth-order valence-electron chi connectivity index (χ4n) is 4.89. The highest BCUT2D eigenvalue weighted by molar-refractivity contribution is 5.38. The van der Waals surface area contributed by atoms with E-state index in [9.17, 15) is 10.2 Å². The van der Waals surface area contributed by atoms with Crippen LogP contribution in [0.5, 0.6) is 11.5 Å². The Balaban J connectivity index is 1.66. The molecule has 2 nitrogen and oxygen atoms in total. The molecule has 130 valence electrons. The number of fused-ring (bicyclic) bond motifs is 1. The lowest BCUT2D eigenvalue weighted by Gasteiger charge is -2.40. The van der Waals surface area contributed by atoms with Crippen molar-refractivity contribution in [1.82, 2.24) is 0 Å². The van der Waals surface area contributed by atoms with Crippen LogP contribution in [0.4, 0.5) is 0 Å². The van der Waals surface area contributed by atoms with Gasteiger partial charge in [0.25, 0.3) is 0 Å². The Hall–Kier alpha value is -2.22. The van der Waals surface area contributed by atoms with Crippen LogP contribution in [0.2, 0.25) is 0 Å². The monoisotopic (exact) mass is 334 g/mol. The zero-order chi connectivity index (χ0) is 17.2. The first-order valence-electron chi connectivity index (χ1n) is 9.45. The van der Waals surface area contributed by atoms with Gasteiger partial charge in [-0.25, -0.2) is 0 Å². The number of allylic oxidation sites excluding steroid dienone is 2. The largest absolute Gasteiger partial charge is 0.508 e. The van der Waals surface area contributed by atoms with Crippen molar-refractivity contribution in [2.45, 2.75) is 38.0 Å². The molecule has 4 rings (SSSR count). The van der Waals surface area contributed by atoms with E-state index in [-0.39, 0.29) is 0 Å². The van der Waals surface area contributed by atoms with Crippen molar-refractivity contribution in [3.05, 3.63) is 71.8 Å². The minimum atomic E-state index is 0.314. The number of hydrogen-bond acceptors (Lipinski definition) is 2. The van der Waals surface area contributed by atoms with Gasteiger partial charge in [-0.05, 0) is 85.3 Å². The molecule has 1 saturated carbocycles. The third kappa shape index (κ3) is 3.44. The normalized spacial score (nSPS) is 25.7. The molecule has 0 amide bonds. The van der Waals surface area contributed by atoms with Gasteiger partial charge in [0.2, 0.25) is 0 Å². The van der Waals surface area contributed by atoms with Crippen molar-refractivity contribution < 1.29 is 10.2 Å². The third-order valence-electron chi connectivity index (χ3n) is 6.15. The summed E-state index contributed by atoms with van der Waals surface area (Å²) in [6.07, 6.45) is 11.1. The summed E-state index contributed by atoms with van der Waals surface area (Å²) in [5.41, 5.74) is 2.52. The molecule has 0 bridgehead atoms. The van der Waals surface area contributed by atoms with Crippen LogP contribution in [0, 0.1) is 17.8 Å². The number of phenols is 2. The van der Waals surface area contributed by atoms with Crippen molar-refractivity contribution in [3.63, 3.8) is 0 Å². The fraction of sp³-hybridized carbons (Fsp3) is 0.391. The van der Waals surface area contributed by atoms with E-state index >= 15 is 0 Å². The van der Waals surface area contributed by atoms with Gasteiger partial charge in [-0.3, -0.25) is 0 Å². The van der Waals surface area contributed by atoms with E-state index < -0.39 is 0 Å². The number of rotatable bonds is 3. The summed E-state index contributed by atoms with van der Waals surface area (Å²) in [7, 11) is 0. The first-order chi connectivity index (χ1) is 12.2. The van der Waals surface area contributed by atoms with Crippen molar-refractivity contribution in [1.29, 1.82) is 0 Å². The Kier molecular flexibility index (Phi) is 4.52. The summed E-state index contributed by atoms with van der Waals surface area (Å²) in [5.74, 6) is 3.14. The summed E-state index contributed by atoms with van der Waals surface area (Å²) in [5, 5.41) is 19.3. The molecule has 0 aliphatic heterocycles. The van der Waals surface area contributed by atoms with Crippen LogP contribution >= 0.6 is 0 Å². The van der Waals surface area contributed by atoms with Crippen molar-refractivity contribution >= 4 is 0 Å². The topological polar surface area (TPSA) is 40.5 Å². The minimum absolute atomic E-state index is 0.314. The zero-order valence-electron chi connectivity index (χ0n) is 14.5. The third-order valence-corrected chi connectivity index (χ3v) is 6.15. The van der Waals surface area contributed by atoms with Gasteiger partial charge in [0, 0.05) is 5.92 Å². The molecule has 0 spiro atoms. The van der Waals surface area contributed by atoms with Crippen LogP contribution < -0.4 is 0 Å². The van der Waals surface area contributed by atoms with Gasteiger partial charge in [0.05, 0.1) is 0 Å². The maximum atomic E-state index is 9.67. The number of benzene rings is 2. The second-order valence-electron chi connectivity index (χ2n) is 7.66. The molecule has 0 aromatic heterocycles. The summed E-state index contributed by atoms with van der Waals surface area (Å²) in [6.45, 7) is 0. The molecule has 2 aliphatic carbocycles. The van der Waals surface area contributed by atoms with Crippen LogP contribution in [0.25, 0.3) is 0 Å². The van der Waals surface area contributed by atoms with Crippen LogP contribution in [-0.4, -0.2) is 10.2 Å². The van der Waals surface area contributed by atoms with Crippen LogP contribution in [0.15, 0.2) is 60.7 Å². The van der Waals surface area contributed by atoms with E-state index in [1.54, 1.807) is 24.3 Å². The molecule has 2 N–H and O–H groups in total. The summed E-state index contributed by atoms with van der Waals surface area (Å²) in [4.78, 5) is 0. The lowest BCUT2D eigenvalue weighted by atomic mass is 9.64. The SMILES string of the molecule is Oc1ccc(C(c2ccc(O)cc2)C2CC[C@H]3C=CCC[C@@H]3C2)cc1. The molecule has 2 aliphatic rings. The Bertz CT molecular complexity index is 684. The molecule has 2 heteroatoms. The van der Waals surface area contributed by atoms with Gasteiger partial charge in [-0.2, -0.15) is 0 Å². The molecule has 1 unspecified atom stereocenters. The molecular formula is C23H26O2. The van der Waals surface area contributed by atoms with Gasteiger partial charge in [-0.1, -0.05) is 36.4 Å². The average molecular weight is 334 g/mol. The zero-order valence-corrected chi connectivity index (χ0v) is 14.5.